The zero-order valence-electron chi connectivity index (χ0n) is 12.9. The molecule has 2 atom stereocenters. The molecule has 2 aromatic carbocycles. The fourth-order valence-corrected chi connectivity index (χ4v) is 2.11. The van der Waals surface area contributed by atoms with Gasteiger partial charge >= 0.3 is 0 Å². The summed E-state index contributed by atoms with van der Waals surface area (Å²) in [5, 5.41) is 13.4. The second-order valence-electron chi connectivity index (χ2n) is 5.34. The van der Waals surface area contributed by atoms with E-state index >= 15 is 0 Å². The summed E-state index contributed by atoms with van der Waals surface area (Å²) < 4.78 is 5.56. The molecule has 23 heavy (non-hydrogen) atoms. The van der Waals surface area contributed by atoms with E-state index in [1.807, 2.05) is 30.3 Å². The predicted octanol–water partition coefficient (Wildman–Crippen LogP) is 3.20. The summed E-state index contributed by atoms with van der Waals surface area (Å²) in [5.41, 5.74) is 0.711. The molecule has 0 saturated heterocycles. The molecule has 2 unspecified atom stereocenters. The lowest BCUT2D eigenvalue weighted by atomic mass is 10.1. The van der Waals surface area contributed by atoms with Crippen LogP contribution in [0.3, 0.4) is 0 Å². The summed E-state index contributed by atoms with van der Waals surface area (Å²) in [6.07, 6.45) is -0.765. The van der Waals surface area contributed by atoms with Crippen molar-refractivity contribution in [3.05, 3.63) is 65.2 Å². The summed E-state index contributed by atoms with van der Waals surface area (Å²) in [7, 11) is 0. The Labute approximate surface area is 141 Å². The lowest BCUT2D eigenvalue weighted by molar-refractivity contribution is -0.125. The number of rotatable bonds is 7. The quantitative estimate of drug-likeness (QED) is 0.818. The van der Waals surface area contributed by atoms with Gasteiger partial charge in [-0.3, -0.25) is 4.79 Å². The van der Waals surface area contributed by atoms with E-state index in [0.717, 1.165) is 5.75 Å². The minimum atomic E-state index is -0.765. The third-order valence-corrected chi connectivity index (χ3v) is 3.67. The van der Waals surface area contributed by atoms with Crippen LogP contribution < -0.4 is 10.1 Å². The van der Waals surface area contributed by atoms with Crippen molar-refractivity contribution < 1.29 is 14.6 Å². The number of para-hydroxylation sites is 1. The highest BCUT2D eigenvalue weighted by molar-refractivity contribution is 6.30. The summed E-state index contributed by atoms with van der Waals surface area (Å²) >= 11 is 5.81. The van der Waals surface area contributed by atoms with Crippen LogP contribution >= 0.6 is 11.6 Å². The molecule has 0 spiro atoms. The van der Waals surface area contributed by atoms with Gasteiger partial charge in [0.2, 0.25) is 5.91 Å². The molecule has 0 radical (unpaired) electrons. The Kier molecular flexibility index (Phi) is 6.44. The summed E-state index contributed by atoms with van der Waals surface area (Å²) in [5.74, 6) is 0.259. The van der Waals surface area contributed by atoms with Crippen LogP contribution in [0.1, 0.15) is 18.6 Å². The molecule has 5 heteroatoms. The minimum Gasteiger partial charge on any atom is -0.493 e. The van der Waals surface area contributed by atoms with Crippen molar-refractivity contribution in [3.63, 3.8) is 0 Å². The van der Waals surface area contributed by atoms with Crippen molar-refractivity contribution in [1.29, 1.82) is 0 Å². The first-order chi connectivity index (χ1) is 11.1. The average Bonchev–Trinajstić information content (AvgIpc) is 2.58. The molecule has 0 fully saturated rings. The van der Waals surface area contributed by atoms with Gasteiger partial charge in [0.05, 0.1) is 18.6 Å². The number of hydrogen-bond donors (Lipinski definition) is 2. The molecule has 2 aromatic rings. The van der Waals surface area contributed by atoms with Crippen molar-refractivity contribution in [2.75, 3.05) is 13.2 Å². The van der Waals surface area contributed by atoms with Gasteiger partial charge < -0.3 is 15.2 Å². The smallest absolute Gasteiger partial charge is 0.226 e. The minimum absolute atomic E-state index is 0.149. The van der Waals surface area contributed by atoms with Gasteiger partial charge in [0.1, 0.15) is 5.75 Å². The molecule has 0 bridgehead atoms. The van der Waals surface area contributed by atoms with Crippen molar-refractivity contribution in [3.8, 4) is 5.75 Å². The largest absolute Gasteiger partial charge is 0.493 e. The first-order valence-corrected chi connectivity index (χ1v) is 7.83. The third-order valence-electron chi connectivity index (χ3n) is 3.42. The van der Waals surface area contributed by atoms with Crippen LogP contribution in [-0.2, 0) is 4.79 Å². The molecule has 0 aliphatic heterocycles. The number of ether oxygens (including phenoxy) is 1. The standard InChI is InChI=1S/C18H20ClNO3/c1-13(12-23-16-5-3-2-4-6-16)18(22)20-11-17(21)14-7-9-15(19)10-8-14/h2-10,13,17,21H,11-12H2,1H3,(H,20,22). The van der Waals surface area contributed by atoms with Gasteiger partial charge in [0.25, 0.3) is 0 Å². The van der Waals surface area contributed by atoms with E-state index in [2.05, 4.69) is 5.32 Å². The molecular weight excluding hydrogens is 314 g/mol. The van der Waals surface area contributed by atoms with Crippen LogP contribution in [0.5, 0.6) is 5.75 Å². The van der Waals surface area contributed by atoms with Gasteiger partial charge in [-0.1, -0.05) is 48.9 Å². The van der Waals surface area contributed by atoms with Crippen LogP contribution in [0.15, 0.2) is 54.6 Å². The number of nitrogens with one attached hydrogen (secondary N) is 1. The Morgan fingerprint density at radius 1 is 1.17 bits per heavy atom. The highest BCUT2D eigenvalue weighted by Crippen LogP contribution is 2.16. The van der Waals surface area contributed by atoms with Crippen molar-refractivity contribution in [1.82, 2.24) is 5.32 Å². The van der Waals surface area contributed by atoms with E-state index in [1.165, 1.54) is 0 Å². The highest BCUT2D eigenvalue weighted by atomic mass is 35.5. The van der Waals surface area contributed by atoms with E-state index < -0.39 is 6.10 Å². The van der Waals surface area contributed by atoms with Crippen molar-refractivity contribution in [2.24, 2.45) is 5.92 Å². The molecule has 2 rings (SSSR count). The van der Waals surface area contributed by atoms with Gasteiger partial charge in [-0.15, -0.1) is 0 Å². The lowest BCUT2D eigenvalue weighted by Crippen LogP contribution is -2.35. The highest BCUT2D eigenvalue weighted by Gasteiger charge is 2.15. The van der Waals surface area contributed by atoms with Gasteiger partial charge in [-0.05, 0) is 29.8 Å². The second kappa shape index (κ2) is 8.56. The van der Waals surface area contributed by atoms with Crippen LogP contribution in [0, 0.1) is 5.92 Å². The number of carbonyl (C=O) groups is 1. The first kappa shape index (κ1) is 17.3. The van der Waals surface area contributed by atoms with Crippen molar-refractivity contribution in [2.45, 2.75) is 13.0 Å². The molecule has 0 heterocycles. The predicted molar refractivity (Wildman–Crippen MR) is 90.5 cm³/mol. The first-order valence-electron chi connectivity index (χ1n) is 7.45. The number of aliphatic hydroxyl groups is 1. The molecule has 122 valence electrons. The zero-order chi connectivity index (χ0) is 16.7. The number of carbonyl (C=O) groups excluding carboxylic acids is 1. The normalized spacial score (nSPS) is 13.2. The number of amides is 1. The molecule has 0 aliphatic carbocycles. The maximum Gasteiger partial charge on any atom is 0.226 e. The van der Waals surface area contributed by atoms with Crippen LogP contribution in [0.25, 0.3) is 0 Å². The Balaban J connectivity index is 1.76. The van der Waals surface area contributed by atoms with Crippen LogP contribution in [-0.4, -0.2) is 24.2 Å². The topological polar surface area (TPSA) is 58.6 Å². The van der Waals surface area contributed by atoms with Crippen LogP contribution in [0.4, 0.5) is 0 Å². The van der Waals surface area contributed by atoms with E-state index in [9.17, 15) is 9.90 Å². The Morgan fingerprint density at radius 2 is 1.83 bits per heavy atom. The Hall–Kier alpha value is -2.04. The maximum absolute atomic E-state index is 12.0. The fraction of sp³-hybridized carbons (Fsp3) is 0.278. The average molecular weight is 334 g/mol. The molecule has 0 saturated carbocycles. The van der Waals surface area contributed by atoms with Gasteiger partial charge in [0.15, 0.2) is 0 Å². The van der Waals surface area contributed by atoms with E-state index in [4.69, 9.17) is 16.3 Å². The van der Waals surface area contributed by atoms with E-state index in [1.54, 1.807) is 31.2 Å². The SMILES string of the molecule is CC(COc1ccccc1)C(=O)NCC(O)c1ccc(Cl)cc1. The van der Waals surface area contributed by atoms with Crippen LogP contribution in [0.2, 0.25) is 5.02 Å². The monoisotopic (exact) mass is 333 g/mol. The Bertz CT molecular complexity index is 616. The number of halogens is 1. The molecule has 0 aromatic heterocycles. The van der Waals surface area contributed by atoms with Gasteiger partial charge in [-0.25, -0.2) is 0 Å². The third kappa shape index (κ3) is 5.58. The molecule has 1 amide bonds. The Morgan fingerprint density at radius 3 is 2.48 bits per heavy atom. The summed E-state index contributed by atoms with van der Waals surface area (Å²) in [4.78, 5) is 12.0. The number of aliphatic hydroxyl groups excluding tert-OH is 1. The van der Waals surface area contributed by atoms with E-state index in [-0.39, 0.29) is 25.0 Å². The lowest BCUT2D eigenvalue weighted by Gasteiger charge is -2.16. The molecule has 0 aliphatic rings. The van der Waals surface area contributed by atoms with E-state index in [0.29, 0.717) is 10.6 Å². The number of benzene rings is 2. The van der Waals surface area contributed by atoms with Gasteiger partial charge in [0, 0.05) is 11.6 Å². The number of hydrogen-bond acceptors (Lipinski definition) is 3. The molecular formula is C18H20ClNO3. The fourth-order valence-electron chi connectivity index (χ4n) is 1.99. The second-order valence-corrected chi connectivity index (χ2v) is 5.77. The zero-order valence-corrected chi connectivity index (χ0v) is 13.7. The molecule has 4 nitrogen and oxygen atoms in total. The summed E-state index contributed by atoms with van der Waals surface area (Å²) in [6, 6.07) is 16.2. The maximum atomic E-state index is 12.0. The van der Waals surface area contributed by atoms with Gasteiger partial charge in [-0.2, -0.15) is 0 Å². The summed E-state index contributed by atoms with van der Waals surface area (Å²) in [6.45, 7) is 2.22. The van der Waals surface area contributed by atoms with Crippen molar-refractivity contribution >= 4 is 17.5 Å². The molecule has 2 N–H and O–H groups in total.